The fourth-order valence-corrected chi connectivity index (χ4v) is 3.04. The van der Waals surface area contributed by atoms with Crippen molar-refractivity contribution >= 4 is 40.1 Å². The van der Waals surface area contributed by atoms with Crippen molar-refractivity contribution in [2.75, 3.05) is 13.1 Å². The molecular weight excluding hydrogens is 401 g/mol. The maximum atomic E-state index is 12.5. The topological polar surface area (TPSA) is 92.6 Å². The third-order valence-corrected chi connectivity index (χ3v) is 4.52. The number of non-ortho nitro benzene ring substituents is 1. The molecular formula is C14H16IN3O4. The number of likely N-dealkylation sites (tertiary alicyclic amines) is 1. The monoisotopic (exact) mass is 417 g/mol. The van der Waals surface area contributed by atoms with Gasteiger partial charge in [-0.1, -0.05) is 0 Å². The third kappa shape index (κ3) is 3.93. The quantitative estimate of drug-likeness (QED) is 0.462. The summed E-state index contributed by atoms with van der Waals surface area (Å²) in [5, 5.41) is 13.7. The zero-order chi connectivity index (χ0) is 16.3. The molecule has 1 aromatic rings. The predicted octanol–water partition coefficient (Wildman–Crippen LogP) is 1.94. The lowest BCUT2D eigenvalue weighted by Crippen LogP contribution is -2.46. The summed E-state index contributed by atoms with van der Waals surface area (Å²) in [6.07, 6.45) is 1.38. The molecule has 1 aliphatic rings. The van der Waals surface area contributed by atoms with Crippen molar-refractivity contribution in [2.45, 2.75) is 25.8 Å². The average Bonchev–Trinajstić information content (AvgIpc) is 2.47. The Kier molecular flexibility index (Phi) is 5.33. The van der Waals surface area contributed by atoms with Gasteiger partial charge in [0.1, 0.15) is 0 Å². The van der Waals surface area contributed by atoms with Gasteiger partial charge in [0.15, 0.2) is 0 Å². The molecule has 0 unspecified atom stereocenters. The minimum Gasteiger partial charge on any atom is -0.353 e. The van der Waals surface area contributed by atoms with Gasteiger partial charge in [0, 0.05) is 41.8 Å². The predicted molar refractivity (Wildman–Crippen MR) is 88.6 cm³/mol. The zero-order valence-electron chi connectivity index (χ0n) is 12.0. The Bertz CT molecular complexity index is 612. The summed E-state index contributed by atoms with van der Waals surface area (Å²) in [6.45, 7) is 2.54. The molecule has 0 atom stereocenters. The minimum atomic E-state index is -0.504. The first kappa shape index (κ1) is 16.7. The molecule has 2 rings (SSSR count). The molecule has 0 radical (unpaired) electrons. The number of carbonyl (C=O) groups is 2. The van der Waals surface area contributed by atoms with E-state index in [-0.39, 0.29) is 23.5 Å². The van der Waals surface area contributed by atoms with E-state index in [4.69, 9.17) is 0 Å². The minimum absolute atomic E-state index is 0.0713. The molecule has 1 saturated heterocycles. The van der Waals surface area contributed by atoms with Crippen LogP contribution in [0.3, 0.4) is 0 Å². The van der Waals surface area contributed by atoms with E-state index >= 15 is 0 Å². The van der Waals surface area contributed by atoms with E-state index in [0.29, 0.717) is 35.1 Å². The summed E-state index contributed by atoms with van der Waals surface area (Å²) in [5.41, 5.74) is 0.268. The van der Waals surface area contributed by atoms with Crippen molar-refractivity contribution in [3.8, 4) is 0 Å². The number of nitrogens with zero attached hydrogens (tertiary/aromatic N) is 2. The molecule has 1 fully saturated rings. The molecule has 1 N–H and O–H groups in total. The Hall–Kier alpha value is -1.71. The number of rotatable bonds is 3. The van der Waals surface area contributed by atoms with Gasteiger partial charge in [-0.05, 0) is 41.5 Å². The Balaban J connectivity index is 2.08. The van der Waals surface area contributed by atoms with Crippen LogP contribution in [0.5, 0.6) is 0 Å². The molecule has 2 amide bonds. The van der Waals surface area contributed by atoms with Crippen LogP contribution in [0.25, 0.3) is 0 Å². The average molecular weight is 417 g/mol. The summed E-state index contributed by atoms with van der Waals surface area (Å²) >= 11 is 2.00. The summed E-state index contributed by atoms with van der Waals surface area (Å²) in [5.74, 6) is -0.271. The molecule has 1 heterocycles. The van der Waals surface area contributed by atoms with Crippen molar-refractivity contribution in [3.05, 3.63) is 37.4 Å². The maximum absolute atomic E-state index is 12.5. The highest BCUT2D eigenvalue weighted by molar-refractivity contribution is 14.1. The van der Waals surface area contributed by atoms with Gasteiger partial charge in [-0.25, -0.2) is 0 Å². The van der Waals surface area contributed by atoms with E-state index in [0.717, 1.165) is 0 Å². The standard InChI is InChI=1S/C14H16IN3O4/c1-9(19)16-10-4-6-17(7-5-10)14(20)12-8-11(18(21)22)2-3-13(12)15/h2-3,8,10H,4-7H2,1H3,(H,16,19). The van der Waals surface area contributed by atoms with Gasteiger partial charge in [0.05, 0.1) is 10.5 Å². The van der Waals surface area contributed by atoms with Crippen LogP contribution in [0.1, 0.15) is 30.1 Å². The lowest BCUT2D eigenvalue weighted by molar-refractivity contribution is -0.384. The lowest BCUT2D eigenvalue weighted by Gasteiger charge is -2.32. The first-order valence-corrected chi connectivity index (χ1v) is 7.96. The van der Waals surface area contributed by atoms with Crippen molar-refractivity contribution in [2.24, 2.45) is 0 Å². The summed E-state index contributed by atoms with van der Waals surface area (Å²) in [7, 11) is 0. The van der Waals surface area contributed by atoms with Gasteiger partial charge >= 0.3 is 0 Å². The SMILES string of the molecule is CC(=O)NC1CCN(C(=O)c2cc([N+](=O)[O-])ccc2I)CC1. The molecule has 118 valence electrons. The van der Waals surface area contributed by atoms with Crippen molar-refractivity contribution in [1.82, 2.24) is 10.2 Å². The van der Waals surface area contributed by atoms with Gasteiger partial charge in [0.2, 0.25) is 5.91 Å². The van der Waals surface area contributed by atoms with E-state index in [1.165, 1.54) is 19.1 Å². The second kappa shape index (κ2) is 7.03. The molecule has 22 heavy (non-hydrogen) atoms. The van der Waals surface area contributed by atoms with Gasteiger partial charge < -0.3 is 10.2 Å². The Morgan fingerprint density at radius 1 is 1.36 bits per heavy atom. The number of hydrogen-bond acceptors (Lipinski definition) is 4. The highest BCUT2D eigenvalue weighted by Gasteiger charge is 2.26. The van der Waals surface area contributed by atoms with Gasteiger partial charge in [-0.2, -0.15) is 0 Å². The normalized spacial score (nSPS) is 15.5. The van der Waals surface area contributed by atoms with Gasteiger partial charge in [-0.3, -0.25) is 19.7 Å². The van der Waals surface area contributed by atoms with Crippen LogP contribution < -0.4 is 5.32 Å². The van der Waals surface area contributed by atoms with Crippen LogP contribution >= 0.6 is 22.6 Å². The molecule has 7 nitrogen and oxygen atoms in total. The van der Waals surface area contributed by atoms with Gasteiger partial charge in [0.25, 0.3) is 11.6 Å². The number of nitro benzene ring substituents is 1. The lowest BCUT2D eigenvalue weighted by atomic mass is 10.0. The summed E-state index contributed by atoms with van der Waals surface area (Å²) in [4.78, 5) is 35.6. The number of hydrogen-bond donors (Lipinski definition) is 1. The van der Waals surface area contributed by atoms with Crippen LogP contribution in [0.2, 0.25) is 0 Å². The summed E-state index contributed by atoms with van der Waals surface area (Å²) < 4.78 is 0.692. The van der Waals surface area contributed by atoms with Gasteiger partial charge in [-0.15, -0.1) is 0 Å². The Morgan fingerprint density at radius 3 is 2.55 bits per heavy atom. The second-order valence-corrected chi connectivity index (χ2v) is 6.35. The molecule has 0 saturated carbocycles. The van der Waals surface area contributed by atoms with Crippen molar-refractivity contribution in [1.29, 1.82) is 0 Å². The van der Waals surface area contributed by atoms with Crippen LogP contribution in [0.4, 0.5) is 5.69 Å². The smallest absolute Gasteiger partial charge is 0.270 e. The van der Waals surface area contributed by atoms with E-state index in [9.17, 15) is 19.7 Å². The van der Waals surface area contributed by atoms with E-state index < -0.39 is 4.92 Å². The van der Waals surface area contributed by atoms with Crippen LogP contribution in [-0.2, 0) is 4.79 Å². The Labute approximate surface area is 141 Å². The van der Waals surface area contributed by atoms with Crippen molar-refractivity contribution in [3.63, 3.8) is 0 Å². The fraction of sp³-hybridized carbons (Fsp3) is 0.429. The van der Waals surface area contributed by atoms with Crippen molar-refractivity contribution < 1.29 is 14.5 Å². The molecule has 1 aliphatic heterocycles. The first-order chi connectivity index (χ1) is 10.4. The highest BCUT2D eigenvalue weighted by Crippen LogP contribution is 2.22. The molecule has 0 bridgehead atoms. The number of benzene rings is 1. The summed E-state index contributed by atoms with van der Waals surface area (Å²) in [6, 6.07) is 4.38. The van der Waals surface area contributed by atoms with E-state index in [2.05, 4.69) is 5.32 Å². The highest BCUT2D eigenvalue weighted by atomic mass is 127. The zero-order valence-corrected chi connectivity index (χ0v) is 14.2. The van der Waals surface area contributed by atoms with E-state index in [1.54, 1.807) is 11.0 Å². The van der Waals surface area contributed by atoms with Crippen LogP contribution in [0.15, 0.2) is 18.2 Å². The maximum Gasteiger partial charge on any atom is 0.270 e. The fourth-order valence-electron chi connectivity index (χ4n) is 2.48. The number of nitrogens with one attached hydrogen (secondary N) is 1. The number of halogens is 1. The van der Waals surface area contributed by atoms with Crippen LogP contribution in [-0.4, -0.2) is 40.8 Å². The molecule has 0 aromatic heterocycles. The number of nitro groups is 1. The molecule has 0 spiro atoms. The number of piperidine rings is 1. The second-order valence-electron chi connectivity index (χ2n) is 5.19. The number of amides is 2. The molecule has 0 aliphatic carbocycles. The largest absolute Gasteiger partial charge is 0.353 e. The number of carbonyl (C=O) groups excluding carboxylic acids is 2. The first-order valence-electron chi connectivity index (χ1n) is 6.89. The third-order valence-electron chi connectivity index (χ3n) is 3.58. The van der Waals surface area contributed by atoms with Crippen LogP contribution in [0, 0.1) is 13.7 Å². The van der Waals surface area contributed by atoms with E-state index in [1.807, 2.05) is 22.6 Å². The Morgan fingerprint density at radius 2 is 2.00 bits per heavy atom. The molecule has 1 aromatic carbocycles. The molecule has 8 heteroatoms.